The highest BCUT2D eigenvalue weighted by molar-refractivity contribution is 7.17. The molecule has 0 spiro atoms. The molecule has 1 heterocycles. The second kappa shape index (κ2) is 5.92. The van der Waals surface area contributed by atoms with Crippen LogP contribution in [-0.2, 0) is 12.8 Å². The molecule has 0 aliphatic heterocycles. The Morgan fingerprint density at radius 1 is 1.00 bits per heavy atom. The van der Waals surface area contributed by atoms with Gasteiger partial charge in [0, 0.05) is 11.1 Å². The van der Waals surface area contributed by atoms with E-state index < -0.39 is 17.7 Å². The van der Waals surface area contributed by atoms with Crippen molar-refractivity contribution in [2.24, 2.45) is 0 Å². The summed E-state index contributed by atoms with van der Waals surface area (Å²) in [6.07, 6.45) is 0.192. The van der Waals surface area contributed by atoms with Crippen molar-refractivity contribution >= 4 is 21.4 Å². The van der Waals surface area contributed by atoms with Crippen molar-refractivity contribution in [1.82, 2.24) is 0 Å². The van der Waals surface area contributed by atoms with Crippen LogP contribution in [0.15, 0.2) is 47.8 Å². The fourth-order valence-corrected chi connectivity index (χ4v) is 3.43. The van der Waals surface area contributed by atoms with Crippen LogP contribution in [0.4, 0.5) is 8.78 Å². The summed E-state index contributed by atoms with van der Waals surface area (Å²) >= 11 is 1.65. The minimum absolute atomic E-state index is 0.307. The maximum atomic E-state index is 13.2. The third kappa shape index (κ3) is 3.12. The lowest BCUT2D eigenvalue weighted by Crippen LogP contribution is -2.14. The molecule has 3 aromatic rings. The Hall–Kier alpha value is -1.78. The van der Waals surface area contributed by atoms with Gasteiger partial charge in [0.2, 0.25) is 0 Å². The Morgan fingerprint density at radius 3 is 2.62 bits per heavy atom. The third-order valence-corrected chi connectivity index (χ3v) is 4.48. The lowest BCUT2D eigenvalue weighted by molar-refractivity contribution is 0.175. The Labute approximate surface area is 125 Å². The molecule has 1 N–H and O–H groups in total. The van der Waals surface area contributed by atoms with E-state index >= 15 is 0 Å². The summed E-state index contributed by atoms with van der Waals surface area (Å²) in [6, 6.07) is 11.8. The molecule has 0 saturated carbocycles. The topological polar surface area (TPSA) is 20.2 Å². The smallest absolute Gasteiger partial charge is 0.159 e. The molecule has 4 heteroatoms. The number of rotatable bonds is 4. The van der Waals surface area contributed by atoms with Crippen LogP contribution in [0.3, 0.4) is 0 Å². The summed E-state index contributed by atoms with van der Waals surface area (Å²) in [5, 5.41) is 13.4. The fourth-order valence-electron chi connectivity index (χ4n) is 2.46. The molecule has 2 aromatic carbocycles. The van der Waals surface area contributed by atoms with E-state index in [1.54, 1.807) is 11.3 Å². The molecule has 1 unspecified atom stereocenters. The van der Waals surface area contributed by atoms with Crippen molar-refractivity contribution in [1.29, 1.82) is 0 Å². The van der Waals surface area contributed by atoms with Crippen LogP contribution in [0.1, 0.15) is 11.1 Å². The molecule has 1 aromatic heterocycles. The van der Waals surface area contributed by atoms with Gasteiger partial charge in [-0.2, -0.15) is 0 Å². The average molecular weight is 304 g/mol. The molecule has 0 fully saturated rings. The maximum Gasteiger partial charge on any atom is 0.159 e. The van der Waals surface area contributed by atoms with Gasteiger partial charge in [-0.15, -0.1) is 11.3 Å². The molecular weight excluding hydrogens is 290 g/mol. The SMILES string of the molecule is OC(Cc1ccc(F)c(F)c1)Cc1csc2ccccc12. The summed E-state index contributed by atoms with van der Waals surface area (Å²) in [7, 11) is 0. The van der Waals surface area contributed by atoms with E-state index in [-0.39, 0.29) is 0 Å². The second-order valence-corrected chi connectivity index (χ2v) is 5.98. The van der Waals surface area contributed by atoms with Crippen molar-refractivity contribution in [3.8, 4) is 0 Å². The number of benzene rings is 2. The number of hydrogen-bond acceptors (Lipinski definition) is 2. The molecule has 0 aliphatic rings. The van der Waals surface area contributed by atoms with E-state index in [0.717, 1.165) is 23.1 Å². The molecule has 108 valence electrons. The van der Waals surface area contributed by atoms with Crippen LogP contribution in [-0.4, -0.2) is 11.2 Å². The summed E-state index contributed by atoms with van der Waals surface area (Å²) in [5.74, 6) is -1.74. The van der Waals surface area contributed by atoms with E-state index in [1.807, 2.05) is 29.6 Å². The van der Waals surface area contributed by atoms with Gasteiger partial charge in [0.25, 0.3) is 0 Å². The van der Waals surface area contributed by atoms with Crippen molar-refractivity contribution < 1.29 is 13.9 Å². The van der Waals surface area contributed by atoms with E-state index in [0.29, 0.717) is 18.4 Å². The van der Waals surface area contributed by atoms with Crippen molar-refractivity contribution in [3.05, 3.63) is 70.6 Å². The zero-order chi connectivity index (χ0) is 14.8. The first-order valence-corrected chi connectivity index (χ1v) is 7.58. The molecule has 0 radical (unpaired) electrons. The normalized spacial score (nSPS) is 12.7. The molecule has 1 nitrogen and oxygen atoms in total. The Morgan fingerprint density at radius 2 is 1.81 bits per heavy atom. The first-order chi connectivity index (χ1) is 10.1. The van der Waals surface area contributed by atoms with Gasteiger partial charge in [0.1, 0.15) is 0 Å². The van der Waals surface area contributed by atoms with E-state index in [4.69, 9.17) is 0 Å². The van der Waals surface area contributed by atoms with Crippen LogP contribution in [0.2, 0.25) is 0 Å². The predicted molar refractivity (Wildman–Crippen MR) is 81.6 cm³/mol. The Bertz CT molecular complexity index is 766. The number of thiophene rings is 1. The van der Waals surface area contributed by atoms with Gasteiger partial charge in [-0.3, -0.25) is 0 Å². The first-order valence-electron chi connectivity index (χ1n) is 6.70. The highest BCUT2D eigenvalue weighted by Gasteiger charge is 2.12. The summed E-state index contributed by atoms with van der Waals surface area (Å²) in [6.45, 7) is 0. The monoisotopic (exact) mass is 304 g/mol. The molecule has 3 rings (SSSR count). The number of aliphatic hydroxyl groups excluding tert-OH is 1. The molecular formula is C17H14F2OS. The summed E-state index contributed by atoms with van der Waals surface area (Å²) in [4.78, 5) is 0. The third-order valence-electron chi connectivity index (χ3n) is 3.47. The maximum absolute atomic E-state index is 13.2. The van der Waals surface area contributed by atoms with Crippen LogP contribution in [0.25, 0.3) is 10.1 Å². The minimum atomic E-state index is -0.874. The largest absolute Gasteiger partial charge is 0.392 e. The Kier molecular flexibility index (Phi) is 3.99. The number of halogens is 2. The minimum Gasteiger partial charge on any atom is -0.392 e. The van der Waals surface area contributed by atoms with E-state index in [9.17, 15) is 13.9 Å². The van der Waals surface area contributed by atoms with E-state index in [1.165, 1.54) is 10.8 Å². The molecule has 0 saturated heterocycles. The zero-order valence-corrected chi connectivity index (χ0v) is 12.0. The molecule has 0 aliphatic carbocycles. The molecule has 21 heavy (non-hydrogen) atoms. The standard InChI is InChI=1S/C17H14F2OS/c18-15-6-5-11(8-16(15)19)7-13(20)9-12-10-21-17-4-2-1-3-14(12)17/h1-6,8,10,13,20H,7,9H2. The summed E-state index contributed by atoms with van der Waals surface area (Å²) in [5.41, 5.74) is 1.69. The number of aliphatic hydroxyl groups is 1. The van der Waals surface area contributed by atoms with Gasteiger partial charge < -0.3 is 5.11 Å². The van der Waals surface area contributed by atoms with Crippen LogP contribution >= 0.6 is 11.3 Å². The fraction of sp³-hybridized carbons (Fsp3) is 0.176. The lowest BCUT2D eigenvalue weighted by atomic mass is 10.0. The van der Waals surface area contributed by atoms with Crippen LogP contribution < -0.4 is 0 Å². The first kappa shape index (κ1) is 14.2. The van der Waals surface area contributed by atoms with Crippen LogP contribution in [0, 0.1) is 11.6 Å². The lowest BCUT2D eigenvalue weighted by Gasteiger charge is -2.10. The number of fused-ring (bicyclic) bond motifs is 1. The summed E-state index contributed by atoms with van der Waals surface area (Å²) < 4.78 is 27.2. The van der Waals surface area contributed by atoms with Crippen molar-refractivity contribution in [2.75, 3.05) is 0 Å². The van der Waals surface area contributed by atoms with Crippen molar-refractivity contribution in [2.45, 2.75) is 18.9 Å². The number of hydrogen-bond donors (Lipinski definition) is 1. The van der Waals surface area contributed by atoms with Gasteiger partial charge in [-0.1, -0.05) is 24.3 Å². The highest BCUT2D eigenvalue weighted by Crippen LogP contribution is 2.27. The molecule has 1 atom stereocenters. The van der Waals surface area contributed by atoms with E-state index in [2.05, 4.69) is 0 Å². The van der Waals surface area contributed by atoms with Gasteiger partial charge in [0.05, 0.1) is 6.10 Å². The van der Waals surface area contributed by atoms with Gasteiger partial charge in [-0.25, -0.2) is 8.78 Å². The molecule has 0 bridgehead atoms. The van der Waals surface area contributed by atoms with Crippen molar-refractivity contribution in [3.63, 3.8) is 0 Å². The van der Waals surface area contributed by atoms with Gasteiger partial charge in [-0.05, 0) is 46.5 Å². The quantitative estimate of drug-likeness (QED) is 0.761. The van der Waals surface area contributed by atoms with Crippen LogP contribution in [0.5, 0.6) is 0 Å². The zero-order valence-electron chi connectivity index (χ0n) is 11.2. The average Bonchev–Trinajstić information content (AvgIpc) is 2.86. The van der Waals surface area contributed by atoms with Gasteiger partial charge >= 0.3 is 0 Å². The highest BCUT2D eigenvalue weighted by atomic mass is 32.1. The molecule has 0 amide bonds. The van der Waals surface area contributed by atoms with Gasteiger partial charge in [0.15, 0.2) is 11.6 Å². The second-order valence-electron chi connectivity index (χ2n) is 5.07. The predicted octanol–water partition coefficient (Wildman–Crippen LogP) is 4.33. The Balaban J connectivity index is 1.74.